The predicted octanol–water partition coefficient (Wildman–Crippen LogP) is 1.88. The van der Waals surface area contributed by atoms with Crippen LogP contribution in [0.15, 0.2) is 38.4 Å². The first-order valence-electron chi connectivity index (χ1n) is 6.37. The van der Waals surface area contributed by atoms with Crippen molar-refractivity contribution in [3.8, 4) is 0 Å². The van der Waals surface area contributed by atoms with Crippen molar-refractivity contribution in [2.24, 2.45) is 0 Å². The van der Waals surface area contributed by atoms with Gasteiger partial charge in [0.05, 0.1) is 6.54 Å². The lowest BCUT2D eigenvalue weighted by Crippen LogP contribution is -2.15. The summed E-state index contributed by atoms with van der Waals surface area (Å²) in [7, 11) is -3.77. The monoisotopic (exact) mass is 372 g/mol. The average molecular weight is 373 g/mol. The summed E-state index contributed by atoms with van der Waals surface area (Å²) in [5, 5.41) is 10.6. The number of hydrogen-bond acceptors (Lipinski definition) is 6. The topological polar surface area (TPSA) is 97.1 Å². The number of aromatic nitrogens is 2. The third kappa shape index (κ3) is 3.60. The van der Waals surface area contributed by atoms with Crippen LogP contribution in [0.1, 0.15) is 18.6 Å². The van der Waals surface area contributed by atoms with Crippen molar-refractivity contribution in [1.29, 1.82) is 0 Å². The highest BCUT2D eigenvalue weighted by molar-refractivity contribution is 9.10. The van der Waals surface area contributed by atoms with Gasteiger partial charge >= 0.3 is 0 Å². The number of furan rings is 1. The summed E-state index contributed by atoms with van der Waals surface area (Å²) in [6.07, 6.45) is 3.77. The van der Waals surface area contributed by atoms with E-state index in [4.69, 9.17) is 4.42 Å². The summed E-state index contributed by atoms with van der Waals surface area (Å²) in [5.74, 6) is 0.719. The van der Waals surface area contributed by atoms with Gasteiger partial charge in [-0.05, 0) is 40.9 Å². The van der Waals surface area contributed by atoms with Crippen molar-refractivity contribution >= 4 is 31.8 Å². The molecule has 1 fully saturated rings. The van der Waals surface area contributed by atoms with Crippen LogP contribution in [0, 0.1) is 0 Å². The van der Waals surface area contributed by atoms with Gasteiger partial charge in [0.25, 0.3) is 10.0 Å². The first-order chi connectivity index (χ1) is 10.0. The van der Waals surface area contributed by atoms with Gasteiger partial charge < -0.3 is 9.73 Å². The van der Waals surface area contributed by atoms with Crippen LogP contribution in [-0.4, -0.2) is 24.7 Å². The van der Waals surface area contributed by atoms with Crippen molar-refractivity contribution in [3.05, 3.63) is 34.8 Å². The maximum absolute atomic E-state index is 12.3. The van der Waals surface area contributed by atoms with E-state index in [0.717, 1.165) is 12.8 Å². The summed E-state index contributed by atoms with van der Waals surface area (Å²) >= 11 is 3.14. The normalized spacial score (nSPS) is 15.1. The largest absolute Gasteiger partial charge is 0.451 e. The molecule has 112 valence electrons. The van der Waals surface area contributed by atoms with E-state index in [-0.39, 0.29) is 15.4 Å². The molecule has 0 atom stereocenters. The number of sulfonamides is 1. The lowest BCUT2D eigenvalue weighted by atomic mass is 10.4. The summed E-state index contributed by atoms with van der Waals surface area (Å²) in [4.78, 5) is 0.0424. The molecule has 2 N–H and O–H groups in total. The van der Waals surface area contributed by atoms with Gasteiger partial charge in [0.15, 0.2) is 10.5 Å². The number of anilines is 1. The second kappa shape index (κ2) is 5.74. The Kier molecular flexibility index (Phi) is 3.96. The van der Waals surface area contributed by atoms with Gasteiger partial charge in [-0.15, -0.1) is 5.10 Å². The van der Waals surface area contributed by atoms with E-state index in [1.54, 1.807) is 6.07 Å². The van der Waals surface area contributed by atoms with Gasteiger partial charge in [-0.1, -0.05) is 0 Å². The van der Waals surface area contributed by atoms with E-state index in [0.29, 0.717) is 18.3 Å². The molecule has 2 aromatic rings. The highest BCUT2D eigenvalue weighted by atomic mass is 79.9. The molecule has 2 heterocycles. The second-order valence-electron chi connectivity index (χ2n) is 4.72. The van der Waals surface area contributed by atoms with Crippen molar-refractivity contribution in [2.45, 2.75) is 30.3 Å². The molecular formula is C12H13BrN4O3S. The average Bonchev–Trinajstić information content (AvgIpc) is 3.19. The fraction of sp³-hybridized carbons (Fsp3) is 0.333. The summed E-state index contributed by atoms with van der Waals surface area (Å²) in [5.41, 5.74) is 0. The molecule has 21 heavy (non-hydrogen) atoms. The predicted molar refractivity (Wildman–Crippen MR) is 79.1 cm³/mol. The molecule has 0 bridgehead atoms. The fourth-order valence-electron chi connectivity index (χ4n) is 1.75. The van der Waals surface area contributed by atoms with Gasteiger partial charge in [0.2, 0.25) is 0 Å². The molecule has 9 heteroatoms. The minimum atomic E-state index is -3.77. The minimum Gasteiger partial charge on any atom is -0.451 e. The smallest absolute Gasteiger partial charge is 0.267 e. The quantitative estimate of drug-likeness (QED) is 0.803. The maximum Gasteiger partial charge on any atom is 0.267 e. The SMILES string of the molecule is O=S(=O)(Nc1cccnn1)c1cc(CNC2CC2)oc1Br. The van der Waals surface area contributed by atoms with E-state index in [2.05, 4.69) is 36.2 Å². The zero-order valence-electron chi connectivity index (χ0n) is 10.9. The molecule has 0 aliphatic heterocycles. The Morgan fingerprint density at radius 3 is 2.90 bits per heavy atom. The zero-order chi connectivity index (χ0) is 14.9. The zero-order valence-corrected chi connectivity index (χ0v) is 13.3. The van der Waals surface area contributed by atoms with E-state index in [1.807, 2.05) is 0 Å². The first-order valence-corrected chi connectivity index (χ1v) is 8.64. The lowest BCUT2D eigenvalue weighted by molar-refractivity contribution is 0.460. The van der Waals surface area contributed by atoms with Crippen LogP contribution in [0.25, 0.3) is 0 Å². The van der Waals surface area contributed by atoms with Crippen molar-refractivity contribution in [2.75, 3.05) is 4.72 Å². The third-order valence-corrected chi connectivity index (χ3v) is 5.16. The fourth-order valence-corrected chi connectivity index (χ4v) is 3.74. The Morgan fingerprint density at radius 2 is 2.24 bits per heavy atom. The van der Waals surface area contributed by atoms with Crippen LogP contribution in [0.3, 0.4) is 0 Å². The van der Waals surface area contributed by atoms with E-state index >= 15 is 0 Å². The molecule has 0 unspecified atom stereocenters. The van der Waals surface area contributed by atoms with Gasteiger partial charge in [0, 0.05) is 18.3 Å². The standard InChI is InChI=1S/C12H13BrN4O3S/c13-12-10(6-9(20-12)7-14-8-3-4-8)21(18,19)17-11-2-1-5-15-16-11/h1-2,5-6,8,14H,3-4,7H2,(H,16,17). The van der Waals surface area contributed by atoms with Crippen LogP contribution in [0.4, 0.5) is 5.82 Å². The van der Waals surface area contributed by atoms with Gasteiger partial charge in [0.1, 0.15) is 10.7 Å². The Hall–Kier alpha value is -1.45. The Morgan fingerprint density at radius 1 is 1.43 bits per heavy atom. The Bertz CT molecular complexity index is 728. The molecule has 7 nitrogen and oxygen atoms in total. The molecule has 0 amide bonds. The van der Waals surface area contributed by atoms with Crippen molar-refractivity contribution in [3.63, 3.8) is 0 Å². The second-order valence-corrected chi connectivity index (χ2v) is 7.09. The molecule has 0 spiro atoms. The Balaban J connectivity index is 1.77. The number of rotatable bonds is 6. The summed E-state index contributed by atoms with van der Waals surface area (Å²) in [6, 6.07) is 5.14. The molecule has 3 rings (SSSR count). The van der Waals surface area contributed by atoms with Crippen LogP contribution < -0.4 is 10.0 Å². The molecule has 0 aromatic carbocycles. The van der Waals surface area contributed by atoms with Crippen LogP contribution in [0.2, 0.25) is 0 Å². The highest BCUT2D eigenvalue weighted by Crippen LogP contribution is 2.28. The van der Waals surface area contributed by atoms with Gasteiger partial charge in [-0.3, -0.25) is 4.72 Å². The van der Waals surface area contributed by atoms with Crippen LogP contribution in [-0.2, 0) is 16.6 Å². The third-order valence-electron chi connectivity index (χ3n) is 2.95. The summed E-state index contributed by atoms with van der Waals surface area (Å²) in [6.45, 7) is 0.504. The maximum atomic E-state index is 12.3. The molecule has 0 saturated heterocycles. The first kappa shape index (κ1) is 14.5. The molecular weight excluding hydrogens is 360 g/mol. The lowest BCUT2D eigenvalue weighted by Gasteiger charge is -2.04. The van der Waals surface area contributed by atoms with Gasteiger partial charge in [-0.2, -0.15) is 5.10 Å². The van der Waals surface area contributed by atoms with Crippen molar-refractivity contribution in [1.82, 2.24) is 15.5 Å². The molecule has 1 saturated carbocycles. The minimum absolute atomic E-state index is 0.0424. The van der Waals surface area contributed by atoms with E-state index < -0.39 is 10.0 Å². The van der Waals surface area contributed by atoms with Crippen molar-refractivity contribution < 1.29 is 12.8 Å². The van der Waals surface area contributed by atoms with Crippen LogP contribution in [0.5, 0.6) is 0 Å². The van der Waals surface area contributed by atoms with Gasteiger partial charge in [-0.25, -0.2) is 8.42 Å². The van der Waals surface area contributed by atoms with Crippen LogP contribution >= 0.6 is 15.9 Å². The van der Waals surface area contributed by atoms with E-state index in [9.17, 15) is 8.42 Å². The highest BCUT2D eigenvalue weighted by Gasteiger charge is 2.25. The van der Waals surface area contributed by atoms with E-state index in [1.165, 1.54) is 18.3 Å². The molecule has 2 aromatic heterocycles. The summed E-state index contributed by atoms with van der Waals surface area (Å²) < 4.78 is 32.5. The number of nitrogens with zero attached hydrogens (tertiary/aromatic N) is 2. The number of halogens is 1. The number of hydrogen-bond donors (Lipinski definition) is 2. The number of nitrogens with one attached hydrogen (secondary N) is 2. The molecule has 0 radical (unpaired) electrons. The Labute approximate surface area is 130 Å². The molecule has 1 aliphatic rings. The molecule has 1 aliphatic carbocycles.